The largest absolute Gasteiger partial charge is 0.462 e. The van der Waals surface area contributed by atoms with Gasteiger partial charge in [0.25, 0.3) is 0 Å². The summed E-state index contributed by atoms with van der Waals surface area (Å²) in [5, 5.41) is 3.50. The zero-order valence-electron chi connectivity index (χ0n) is 37.5. The molecule has 0 unspecified atom stereocenters. The maximum atomic E-state index is 14.0. The van der Waals surface area contributed by atoms with E-state index in [1.807, 2.05) is 24.3 Å². The van der Waals surface area contributed by atoms with Crippen LogP contribution < -0.4 is 0 Å². The standard InChI is InChI=1S/C52H74O8/c1-5-9-13-17-21-25-33-57-49(53)43-37-44(50(54)58-34-26-22-18-14-10-6-2)40-31-32-42-46(52(56)60-36-28-24-20-16-12-8-4)38-45(41-30-29-39(43)47(40)48(41)42)51(55)59-35-27-23-19-15-11-7-3/h29-32,37-38H,5-28,33-36H2,1-4H3. The molecular weight excluding hydrogens is 753 g/mol. The number of rotatable bonds is 32. The Hall–Kier alpha value is -4.20. The van der Waals surface area contributed by atoms with E-state index in [2.05, 4.69) is 27.7 Å². The van der Waals surface area contributed by atoms with E-state index in [0.717, 1.165) is 128 Å². The van der Waals surface area contributed by atoms with Crippen LogP contribution in [0.15, 0.2) is 36.4 Å². The minimum atomic E-state index is -0.524. The van der Waals surface area contributed by atoms with Crippen LogP contribution in [-0.4, -0.2) is 50.3 Å². The van der Waals surface area contributed by atoms with Crippen molar-refractivity contribution in [2.75, 3.05) is 26.4 Å². The van der Waals surface area contributed by atoms with Crippen molar-refractivity contribution < 1.29 is 38.1 Å². The van der Waals surface area contributed by atoms with Crippen molar-refractivity contribution in [1.29, 1.82) is 0 Å². The molecule has 0 aliphatic heterocycles. The van der Waals surface area contributed by atoms with E-state index < -0.39 is 23.9 Å². The van der Waals surface area contributed by atoms with Gasteiger partial charge in [0.05, 0.1) is 48.7 Å². The van der Waals surface area contributed by atoms with Crippen LogP contribution in [0.1, 0.15) is 223 Å². The van der Waals surface area contributed by atoms with E-state index in [1.165, 1.54) is 25.7 Å². The Labute approximate surface area is 360 Å². The highest BCUT2D eigenvalue weighted by atomic mass is 16.5. The lowest BCUT2D eigenvalue weighted by Crippen LogP contribution is -2.14. The maximum absolute atomic E-state index is 14.0. The van der Waals surface area contributed by atoms with Crippen molar-refractivity contribution in [3.05, 3.63) is 58.7 Å². The molecule has 0 aliphatic carbocycles. The molecule has 60 heavy (non-hydrogen) atoms. The minimum absolute atomic E-state index is 0.248. The number of unbranched alkanes of at least 4 members (excludes halogenated alkanes) is 20. The van der Waals surface area contributed by atoms with Crippen molar-refractivity contribution in [3.63, 3.8) is 0 Å². The van der Waals surface area contributed by atoms with Crippen LogP contribution in [0.5, 0.6) is 0 Å². The number of carbonyl (C=O) groups excluding carboxylic acids is 4. The summed E-state index contributed by atoms with van der Waals surface area (Å²) in [7, 11) is 0. The lowest BCUT2D eigenvalue weighted by molar-refractivity contribution is 0.0480. The first-order valence-electron chi connectivity index (χ1n) is 23.8. The number of hydrogen-bond donors (Lipinski definition) is 0. The molecule has 0 aromatic heterocycles. The highest BCUT2D eigenvalue weighted by molar-refractivity contribution is 6.32. The second-order valence-electron chi connectivity index (χ2n) is 16.6. The Morgan fingerprint density at radius 3 is 0.733 bits per heavy atom. The van der Waals surface area contributed by atoms with E-state index in [9.17, 15) is 19.2 Å². The smallest absolute Gasteiger partial charge is 0.338 e. The van der Waals surface area contributed by atoms with Crippen molar-refractivity contribution in [2.45, 2.75) is 182 Å². The molecule has 0 atom stereocenters. The molecule has 4 aromatic rings. The molecule has 4 aromatic carbocycles. The Morgan fingerprint density at radius 1 is 0.317 bits per heavy atom. The molecule has 0 spiro atoms. The van der Waals surface area contributed by atoms with Crippen molar-refractivity contribution >= 4 is 56.2 Å². The van der Waals surface area contributed by atoms with Gasteiger partial charge in [-0.1, -0.05) is 180 Å². The summed E-state index contributed by atoms with van der Waals surface area (Å²) in [6.07, 6.45) is 25.3. The Balaban J connectivity index is 1.76. The predicted molar refractivity (Wildman–Crippen MR) is 245 cm³/mol. The summed E-state index contributed by atoms with van der Waals surface area (Å²) < 4.78 is 23.4. The van der Waals surface area contributed by atoms with E-state index in [-0.39, 0.29) is 48.7 Å². The lowest BCUT2D eigenvalue weighted by atomic mass is 9.86. The van der Waals surface area contributed by atoms with Gasteiger partial charge in [-0.2, -0.15) is 0 Å². The topological polar surface area (TPSA) is 105 Å². The first kappa shape index (κ1) is 48.5. The van der Waals surface area contributed by atoms with E-state index >= 15 is 0 Å². The summed E-state index contributed by atoms with van der Waals surface area (Å²) >= 11 is 0. The van der Waals surface area contributed by atoms with Crippen molar-refractivity contribution in [1.82, 2.24) is 0 Å². The third-order valence-electron chi connectivity index (χ3n) is 11.7. The Morgan fingerprint density at radius 2 is 0.517 bits per heavy atom. The van der Waals surface area contributed by atoms with Gasteiger partial charge in [0, 0.05) is 0 Å². The van der Waals surface area contributed by atoms with Crippen LogP contribution in [0.25, 0.3) is 32.3 Å². The van der Waals surface area contributed by atoms with Crippen LogP contribution in [0.3, 0.4) is 0 Å². The zero-order valence-corrected chi connectivity index (χ0v) is 37.5. The van der Waals surface area contributed by atoms with E-state index in [4.69, 9.17) is 18.9 Å². The fourth-order valence-electron chi connectivity index (χ4n) is 8.17. The molecular formula is C52H74O8. The molecule has 0 aliphatic rings. The third kappa shape index (κ3) is 14.5. The first-order chi connectivity index (χ1) is 29.4. The lowest BCUT2D eigenvalue weighted by Gasteiger charge is -2.19. The monoisotopic (exact) mass is 827 g/mol. The van der Waals surface area contributed by atoms with Gasteiger partial charge < -0.3 is 18.9 Å². The average molecular weight is 827 g/mol. The molecule has 0 amide bonds. The summed E-state index contributed by atoms with van der Waals surface area (Å²) in [6, 6.07) is 10.5. The van der Waals surface area contributed by atoms with Gasteiger partial charge >= 0.3 is 23.9 Å². The van der Waals surface area contributed by atoms with Crippen LogP contribution in [0.4, 0.5) is 0 Å². The number of benzene rings is 4. The molecule has 0 radical (unpaired) electrons. The molecule has 330 valence electrons. The molecule has 0 saturated carbocycles. The van der Waals surface area contributed by atoms with Gasteiger partial charge in [-0.25, -0.2) is 19.2 Å². The van der Waals surface area contributed by atoms with Crippen LogP contribution in [-0.2, 0) is 18.9 Å². The second-order valence-corrected chi connectivity index (χ2v) is 16.6. The summed E-state index contributed by atoms with van der Waals surface area (Å²) in [5.74, 6) is -2.10. The molecule has 4 rings (SSSR count). The Kier molecular flexibility index (Phi) is 22.3. The second kappa shape index (κ2) is 27.6. The molecule has 0 heterocycles. The van der Waals surface area contributed by atoms with Crippen LogP contribution in [0, 0.1) is 0 Å². The van der Waals surface area contributed by atoms with Crippen molar-refractivity contribution in [2.24, 2.45) is 0 Å². The molecule has 8 nitrogen and oxygen atoms in total. The van der Waals surface area contributed by atoms with E-state index in [1.54, 1.807) is 12.1 Å². The average Bonchev–Trinajstić information content (AvgIpc) is 3.26. The number of hydrogen-bond acceptors (Lipinski definition) is 8. The summed E-state index contributed by atoms with van der Waals surface area (Å²) in [4.78, 5) is 55.9. The van der Waals surface area contributed by atoms with Gasteiger partial charge in [-0.3, -0.25) is 0 Å². The molecule has 0 fully saturated rings. The molecule has 0 saturated heterocycles. The zero-order chi connectivity index (χ0) is 43.0. The third-order valence-corrected chi connectivity index (χ3v) is 11.7. The quantitative estimate of drug-likeness (QED) is 0.0207. The number of ether oxygens (including phenoxy) is 4. The normalized spacial score (nSPS) is 11.5. The SMILES string of the molecule is CCCCCCCCOC(=O)c1cc(C(=O)OCCCCCCCC)c2ccc3c(C(=O)OCCCCCCCC)cc(C(=O)OCCCCCCCC)c4ccc1c2c43. The minimum Gasteiger partial charge on any atom is -0.462 e. The Bertz CT molecular complexity index is 1650. The number of esters is 4. The summed E-state index contributed by atoms with van der Waals surface area (Å²) in [5.41, 5.74) is 0.991. The molecule has 8 heteroatoms. The van der Waals surface area contributed by atoms with Gasteiger partial charge in [0.2, 0.25) is 0 Å². The van der Waals surface area contributed by atoms with Gasteiger partial charge in [-0.05, 0) is 70.1 Å². The molecule has 0 bridgehead atoms. The number of carbonyl (C=O) groups is 4. The first-order valence-corrected chi connectivity index (χ1v) is 23.8. The van der Waals surface area contributed by atoms with Gasteiger partial charge in [-0.15, -0.1) is 0 Å². The fraction of sp³-hybridized carbons (Fsp3) is 0.615. The highest BCUT2D eigenvalue weighted by Gasteiger charge is 2.27. The molecule has 0 N–H and O–H groups in total. The predicted octanol–water partition coefficient (Wildman–Crippen LogP) is 14.7. The highest BCUT2D eigenvalue weighted by Crippen LogP contribution is 2.41. The van der Waals surface area contributed by atoms with Crippen LogP contribution >= 0.6 is 0 Å². The van der Waals surface area contributed by atoms with Gasteiger partial charge in [0.1, 0.15) is 0 Å². The fourth-order valence-corrected chi connectivity index (χ4v) is 8.17. The van der Waals surface area contributed by atoms with Crippen molar-refractivity contribution in [3.8, 4) is 0 Å². The van der Waals surface area contributed by atoms with E-state index in [0.29, 0.717) is 32.3 Å². The summed E-state index contributed by atoms with van der Waals surface area (Å²) in [6.45, 7) is 9.83. The maximum Gasteiger partial charge on any atom is 0.338 e. The van der Waals surface area contributed by atoms with Crippen LogP contribution in [0.2, 0.25) is 0 Å². The van der Waals surface area contributed by atoms with Gasteiger partial charge in [0.15, 0.2) is 0 Å².